The summed E-state index contributed by atoms with van der Waals surface area (Å²) in [5, 5.41) is 3.27. The summed E-state index contributed by atoms with van der Waals surface area (Å²) in [5.41, 5.74) is 1.51. The lowest BCUT2D eigenvalue weighted by Gasteiger charge is -2.27. The van der Waals surface area contributed by atoms with Gasteiger partial charge in [0.05, 0.1) is 11.9 Å². The fraction of sp³-hybridized carbons (Fsp3) is 0.625. The number of hydrogen-bond donors (Lipinski definition) is 1. The van der Waals surface area contributed by atoms with E-state index in [-0.39, 0.29) is 11.9 Å². The Kier molecular flexibility index (Phi) is 5.56. The Bertz CT molecular complexity index is 460. The summed E-state index contributed by atoms with van der Waals surface area (Å²) in [5.74, 6) is 0.0415. The van der Waals surface area contributed by atoms with Crippen molar-refractivity contribution in [2.45, 2.75) is 32.7 Å². The van der Waals surface area contributed by atoms with Crippen LogP contribution in [0, 0.1) is 0 Å². The predicted octanol–water partition coefficient (Wildman–Crippen LogP) is 2.07. The molecule has 0 aromatic carbocycles. The van der Waals surface area contributed by atoms with Crippen LogP contribution in [-0.2, 0) is 0 Å². The molecule has 116 valence electrons. The van der Waals surface area contributed by atoms with Crippen molar-refractivity contribution in [1.82, 2.24) is 14.8 Å². The number of amides is 1. The normalized spacial score (nSPS) is 20.1. The molecule has 2 rings (SSSR count). The Balaban J connectivity index is 2.04. The fourth-order valence-electron chi connectivity index (χ4n) is 2.72. The van der Waals surface area contributed by atoms with Crippen LogP contribution < -0.4 is 5.32 Å². The largest absolute Gasteiger partial charge is 0.384 e. The van der Waals surface area contributed by atoms with Gasteiger partial charge in [-0.25, -0.2) is 4.98 Å². The molecule has 0 saturated carbocycles. The van der Waals surface area contributed by atoms with Gasteiger partial charge in [-0.3, -0.25) is 4.79 Å². The molecule has 0 radical (unpaired) electrons. The van der Waals surface area contributed by atoms with Gasteiger partial charge in [0, 0.05) is 25.7 Å². The number of carbonyl (C=O) groups excluding carboxylic acids is 1. The second-order valence-electron chi connectivity index (χ2n) is 5.82. The number of pyridine rings is 1. The number of carbonyl (C=O) groups is 1. The van der Waals surface area contributed by atoms with E-state index in [0.29, 0.717) is 5.69 Å². The Morgan fingerprint density at radius 2 is 2.24 bits per heavy atom. The Morgan fingerprint density at radius 3 is 2.90 bits per heavy atom. The van der Waals surface area contributed by atoms with Crippen molar-refractivity contribution in [2.24, 2.45) is 0 Å². The van der Waals surface area contributed by atoms with Crippen LogP contribution in [0.1, 0.15) is 37.2 Å². The molecule has 0 aliphatic carbocycles. The monoisotopic (exact) mass is 290 g/mol. The van der Waals surface area contributed by atoms with Crippen LogP contribution in [0.2, 0.25) is 0 Å². The molecule has 1 amide bonds. The second kappa shape index (κ2) is 7.41. The summed E-state index contributed by atoms with van der Waals surface area (Å²) in [7, 11) is 2.11. The summed E-state index contributed by atoms with van der Waals surface area (Å²) in [6.07, 6.45) is 3.83. The first-order valence-corrected chi connectivity index (χ1v) is 7.81. The maximum Gasteiger partial charge on any atom is 0.272 e. The molecule has 1 N–H and O–H groups in total. The number of likely N-dealkylation sites (N-methyl/N-ethyl adjacent to an activating group) is 1. The third-order valence-electron chi connectivity index (χ3n) is 3.87. The van der Waals surface area contributed by atoms with Crippen LogP contribution in [0.5, 0.6) is 0 Å². The van der Waals surface area contributed by atoms with Gasteiger partial charge in [0.25, 0.3) is 5.91 Å². The Hall–Kier alpha value is -1.62. The van der Waals surface area contributed by atoms with Gasteiger partial charge in [0.1, 0.15) is 5.69 Å². The first-order chi connectivity index (χ1) is 10.1. The minimum atomic E-state index is 0.0415. The van der Waals surface area contributed by atoms with Crippen LogP contribution in [0.4, 0.5) is 5.69 Å². The van der Waals surface area contributed by atoms with E-state index in [1.165, 1.54) is 0 Å². The van der Waals surface area contributed by atoms with E-state index < -0.39 is 0 Å². The molecule has 5 nitrogen and oxygen atoms in total. The topological polar surface area (TPSA) is 48.5 Å². The number of nitrogens with zero attached hydrogens (tertiary/aromatic N) is 3. The van der Waals surface area contributed by atoms with E-state index in [1.54, 1.807) is 6.20 Å². The van der Waals surface area contributed by atoms with Crippen LogP contribution in [-0.4, -0.2) is 60.0 Å². The highest BCUT2D eigenvalue weighted by atomic mass is 16.2. The zero-order valence-electron chi connectivity index (χ0n) is 13.3. The van der Waals surface area contributed by atoms with Crippen molar-refractivity contribution in [3.63, 3.8) is 0 Å². The molecule has 1 aliphatic heterocycles. The summed E-state index contributed by atoms with van der Waals surface area (Å²) < 4.78 is 0. The lowest BCUT2D eigenvalue weighted by molar-refractivity contribution is 0.0690. The van der Waals surface area contributed by atoms with Crippen LogP contribution in [0.3, 0.4) is 0 Å². The molecule has 21 heavy (non-hydrogen) atoms. The molecule has 0 bridgehead atoms. The van der Waals surface area contributed by atoms with E-state index in [1.807, 2.05) is 17.0 Å². The Labute approximate surface area is 127 Å². The van der Waals surface area contributed by atoms with E-state index in [4.69, 9.17) is 0 Å². The average molecular weight is 290 g/mol. The van der Waals surface area contributed by atoms with Crippen molar-refractivity contribution >= 4 is 11.6 Å². The van der Waals surface area contributed by atoms with Crippen LogP contribution >= 0.6 is 0 Å². The van der Waals surface area contributed by atoms with Gasteiger partial charge < -0.3 is 15.1 Å². The van der Waals surface area contributed by atoms with E-state index in [0.717, 1.165) is 44.7 Å². The summed E-state index contributed by atoms with van der Waals surface area (Å²) >= 11 is 0. The standard InChI is InChI=1S/C16H26N4O/c1-4-8-17-14-6-7-15(18-11-14)16(21)20-10-5-9-19(3)12-13(20)2/h6-7,11,13,17H,4-5,8-10,12H2,1-3H3. The van der Waals surface area contributed by atoms with Gasteiger partial charge in [0.15, 0.2) is 0 Å². The summed E-state index contributed by atoms with van der Waals surface area (Å²) in [4.78, 5) is 21.2. The summed E-state index contributed by atoms with van der Waals surface area (Å²) in [6.45, 7) is 7.92. The maximum atomic E-state index is 12.6. The van der Waals surface area contributed by atoms with Crippen molar-refractivity contribution in [2.75, 3.05) is 38.5 Å². The van der Waals surface area contributed by atoms with Gasteiger partial charge in [-0.05, 0) is 45.5 Å². The molecule has 1 saturated heterocycles. The quantitative estimate of drug-likeness (QED) is 0.922. The first kappa shape index (κ1) is 15.8. The average Bonchev–Trinajstić information content (AvgIpc) is 2.65. The highest BCUT2D eigenvalue weighted by molar-refractivity contribution is 5.92. The first-order valence-electron chi connectivity index (χ1n) is 7.81. The van der Waals surface area contributed by atoms with Crippen molar-refractivity contribution in [3.8, 4) is 0 Å². The predicted molar refractivity (Wildman–Crippen MR) is 85.6 cm³/mol. The van der Waals surface area contributed by atoms with Crippen LogP contribution in [0.15, 0.2) is 18.3 Å². The molecule has 1 atom stereocenters. The Morgan fingerprint density at radius 1 is 1.43 bits per heavy atom. The van der Waals surface area contributed by atoms with Gasteiger partial charge in [-0.1, -0.05) is 6.92 Å². The maximum absolute atomic E-state index is 12.6. The molecule has 5 heteroatoms. The van der Waals surface area contributed by atoms with E-state index >= 15 is 0 Å². The fourth-order valence-corrected chi connectivity index (χ4v) is 2.72. The van der Waals surface area contributed by atoms with Crippen molar-refractivity contribution < 1.29 is 4.79 Å². The van der Waals surface area contributed by atoms with E-state index in [9.17, 15) is 4.79 Å². The molecule has 1 aromatic heterocycles. The molecule has 2 heterocycles. The highest BCUT2D eigenvalue weighted by Crippen LogP contribution is 2.14. The minimum Gasteiger partial charge on any atom is -0.384 e. The molecular formula is C16H26N4O. The third-order valence-corrected chi connectivity index (χ3v) is 3.87. The number of rotatable bonds is 4. The second-order valence-corrected chi connectivity index (χ2v) is 5.82. The van der Waals surface area contributed by atoms with E-state index in [2.05, 4.69) is 36.1 Å². The van der Waals surface area contributed by atoms with Crippen molar-refractivity contribution in [3.05, 3.63) is 24.0 Å². The van der Waals surface area contributed by atoms with Crippen molar-refractivity contribution in [1.29, 1.82) is 0 Å². The zero-order chi connectivity index (χ0) is 15.2. The molecule has 0 spiro atoms. The van der Waals surface area contributed by atoms with Gasteiger partial charge in [-0.15, -0.1) is 0 Å². The lowest BCUT2D eigenvalue weighted by Crippen LogP contribution is -2.42. The van der Waals surface area contributed by atoms with Crippen LogP contribution in [0.25, 0.3) is 0 Å². The summed E-state index contributed by atoms with van der Waals surface area (Å²) in [6, 6.07) is 3.98. The molecule has 1 fully saturated rings. The minimum absolute atomic E-state index is 0.0415. The molecule has 1 aromatic rings. The number of aromatic nitrogens is 1. The lowest BCUT2D eigenvalue weighted by atomic mass is 10.2. The number of nitrogens with one attached hydrogen (secondary N) is 1. The SMILES string of the molecule is CCCNc1ccc(C(=O)N2CCCN(C)CC2C)nc1. The molecular weight excluding hydrogens is 264 g/mol. The highest BCUT2D eigenvalue weighted by Gasteiger charge is 2.25. The van der Waals surface area contributed by atoms with Gasteiger partial charge in [-0.2, -0.15) is 0 Å². The zero-order valence-corrected chi connectivity index (χ0v) is 13.3. The smallest absolute Gasteiger partial charge is 0.272 e. The molecule has 1 unspecified atom stereocenters. The number of hydrogen-bond acceptors (Lipinski definition) is 4. The third kappa shape index (κ3) is 4.17. The molecule has 1 aliphatic rings. The van der Waals surface area contributed by atoms with Gasteiger partial charge in [0.2, 0.25) is 0 Å². The van der Waals surface area contributed by atoms with Gasteiger partial charge >= 0.3 is 0 Å². The number of anilines is 1.